The number of carbonyl (C=O) groups is 1. The minimum absolute atomic E-state index is 0.0799. The van der Waals surface area contributed by atoms with E-state index in [1.165, 1.54) is 10.4 Å². The smallest absolute Gasteiger partial charge is 0.243 e. The lowest BCUT2D eigenvalue weighted by Gasteiger charge is -2.25. The Labute approximate surface area is 302 Å². The number of rotatable bonds is 18. The van der Waals surface area contributed by atoms with Gasteiger partial charge in [-0.15, -0.1) is 0 Å². The first-order valence-electron chi connectivity index (χ1n) is 17.4. The zero-order valence-electron chi connectivity index (χ0n) is 28.2. The van der Waals surface area contributed by atoms with E-state index < -0.39 is 46.6 Å². The van der Waals surface area contributed by atoms with Gasteiger partial charge in [-0.25, -0.2) is 8.42 Å². The molecule has 2 saturated carbocycles. The highest BCUT2D eigenvalue weighted by molar-refractivity contribution is 7.89. The van der Waals surface area contributed by atoms with Gasteiger partial charge in [-0.1, -0.05) is 29.8 Å². The van der Waals surface area contributed by atoms with E-state index in [1.807, 2.05) is 36.5 Å². The highest BCUT2D eigenvalue weighted by Crippen LogP contribution is 2.53. The molecule has 5 atom stereocenters. The lowest BCUT2D eigenvalue weighted by molar-refractivity contribution is -0.125. The number of aromatic nitrogens is 1. The molecule has 1 unspecified atom stereocenters. The van der Waals surface area contributed by atoms with Crippen molar-refractivity contribution in [3.05, 3.63) is 77.1 Å². The topological polar surface area (TPSA) is 187 Å². The summed E-state index contributed by atoms with van der Waals surface area (Å²) in [6.45, 7) is -0.325. The van der Waals surface area contributed by atoms with Gasteiger partial charge in [-0.3, -0.25) is 9.78 Å². The van der Waals surface area contributed by atoms with Gasteiger partial charge >= 0.3 is 0 Å². The van der Waals surface area contributed by atoms with Crippen LogP contribution in [0.5, 0.6) is 5.75 Å². The second kappa shape index (κ2) is 15.9. The van der Waals surface area contributed by atoms with Crippen molar-refractivity contribution in [1.29, 1.82) is 0 Å². The summed E-state index contributed by atoms with van der Waals surface area (Å²) in [6, 6.07) is 14.5. The molecule has 1 aliphatic heterocycles. The Morgan fingerprint density at radius 3 is 2.47 bits per heavy atom. The van der Waals surface area contributed by atoms with Gasteiger partial charge in [0.2, 0.25) is 10.0 Å². The minimum Gasteiger partial charge on any atom is -0.490 e. The lowest BCUT2D eigenvalue weighted by atomic mass is 9.95. The average Bonchev–Trinajstić information content (AvgIpc) is 4.07. The monoisotopic (exact) mass is 744 g/mol. The number of aliphatic hydroxyl groups excluding tert-OH is 5. The molecule has 2 heterocycles. The van der Waals surface area contributed by atoms with Crippen LogP contribution in [0.25, 0.3) is 11.1 Å². The van der Waals surface area contributed by atoms with E-state index in [0.717, 1.165) is 48.1 Å². The van der Waals surface area contributed by atoms with Crippen LogP contribution in [-0.2, 0) is 31.8 Å². The van der Waals surface area contributed by atoms with Gasteiger partial charge in [0.05, 0.1) is 35.9 Å². The van der Waals surface area contributed by atoms with Crippen LogP contribution < -0.4 is 4.74 Å². The molecular formula is C37H45ClN2O10S. The quantitative estimate of drug-likeness (QED) is 0.129. The third-order valence-electron chi connectivity index (χ3n) is 9.98. The number of nitrogens with zero attached hydrogens (tertiary/aromatic N) is 2. The first-order valence-corrected chi connectivity index (χ1v) is 19.2. The van der Waals surface area contributed by atoms with Crippen molar-refractivity contribution in [3.8, 4) is 16.9 Å². The van der Waals surface area contributed by atoms with Crippen LogP contribution in [-0.4, -0.2) is 99.2 Å². The lowest BCUT2D eigenvalue weighted by Crippen LogP contribution is -2.45. The van der Waals surface area contributed by atoms with Gasteiger partial charge in [-0.05, 0) is 85.9 Å². The molecule has 1 aromatic heterocycles. The van der Waals surface area contributed by atoms with Gasteiger partial charge < -0.3 is 35.0 Å². The Hall–Kier alpha value is -2.98. The second-order valence-corrected chi connectivity index (χ2v) is 16.2. The molecule has 276 valence electrons. The molecule has 2 aliphatic carbocycles. The van der Waals surface area contributed by atoms with Crippen LogP contribution in [0.4, 0.5) is 0 Å². The number of ether oxygens (including phenoxy) is 2. The third-order valence-corrected chi connectivity index (χ3v) is 12.2. The number of hydrogen-bond donors (Lipinski definition) is 5. The molecule has 14 heteroatoms. The molecule has 0 amide bonds. The second-order valence-electron chi connectivity index (χ2n) is 13.9. The maximum Gasteiger partial charge on any atom is 0.243 e. The molecule has 0 radical (unpaired) electrons. The van der Waals surface area contributed by atoms with Crippen molar-refractivity contribution >= 4 is 27.4 Å². The highest BCUT2D eigenvalue weighted by atomic mass is 35.5. The number of Topliss-reactive ketones (excluding diaryl/α,β-unsaturated/α-hetero) is 1. The van der Waals surface area contributed by atoms with Crippen molar-refractivity contribution < 1.29 is 48.2 Å². The molecule has 51 heavy (non-hydrogen) atoms. The fraction of sp³-hybridized carbons (Fsp3) is 0.514. The van der Waals surface area contributed by atoms with Crippen LogP contribution in [0.3, 0.4) is 0 Å². The van der Waals surface area contributed by atoms with Crippen molar-refractivity contribution in [1.82, 2.24) is 9.29 Å². The number of halogens is 1. The summed E-state index contributed by atoms with van der Waals surface area (Å²) < 4.78 is 41.6. The van der Waals surface area contributed by atoms with E-state index in [2.05, 4.69) is 4.98 Å². The predicted octanol–water partition coefficient (Wildman–Crippen LogP) is 3.34. The first kappa shape index (κ1) is 37.8. The number of hydrogen-bond acceptors (Lipinski definition) is 11. The minimum atomic E-state index is -3.91. The molecule has 12 nitrogen and oxygen atoms in total. The fourth-order valence-electron chi connectivity index (χ4n) is 6.59. The SMILES string of the molecule is O=C(CC[C@H](O)[C@@H](O)[C@H](O)[C@H](O)CO)CC1CCN(S(=O)(=O)c2ccc(Cl)c(COC3(c4cnccc4-c4ccccc4OC4CC4)CC3)c2)C1. The van der Waals surface area contributed by atoms with E-state index >= 15 is 0 Å². The van der Waals surface area contributed by atoms with E-state index in [0.29, 0.717) is 17.0 Å². The van der Waals surface area contributed by atoms with E-state index in [-0.39, 0.29) is 61.7 Å². The van der Waals surface area contributed by atoms with Gasteiger partial charge in [-0.2, -0.15) is 4.31 Å². The van der Waals surface area contributed by atoms with Gasteiger partial charge in [0.1, 0.15) is 29.8 Å². The molecule has 0 spiro atoms. The fourth-order valence-corrected chi connectivity index (χ4v) is 8.35. The Bertz CT molecular complexity index is 1800. The summed E-state index contributed by atoms with van der Waals surface area (Å²) in [6.07, 6.45) is 1.14. The Kier molecular flexibility index (Phi) is 11.8. The number of sulfonamides is 1. The van der Waals surface area contributed by atoms with Crippen LogP contribution in [0.1, 0.15) is 62.5 Å². The van der Waals surface area contributed by atoms with Crippen LogP contribution in [0, 0.1) is 5.92 Å². The van der Waals surface area contributed by atoms with E-state index in [9.17, 15) is 33.6 Å². The Morgan fingerprint density at radius 1 is 1.00 bits per heavy atom. The number of carbonyl (C=O) groups excluding carboxylic acids is 1. The van der Waals surface area contributed by atoms with Gasteiger partial charge in [0.25, 0.3) is 0 Å². The normalized spacial score (nSPS) is 21.2. The maximum atomic E-state index is 13.7. The van der Waals surface area contributed by atoms with Crippen molar-refractivity contribution in [2.75, 3.05) is 19.7 Å². The summed E-state index contributed by atoms with van der Waals surface area (Å²) in [7, 11) is -3.91. The van der Waals surface area contributed by atoms with Gasteiger partial charge in [0, 0.05) is 54.5 Å². The zero-order valence-corrected chi connectivity index (χ0v) is 29.8. The molecule has 5 N–H and O–H groups in total. The summed E-state index contributed by atoms with van der Waals surface area (Å²) in [5.74, 6) is 0.372. The standard InChI is InChI=1S/C37H45ClN2O10S/c38-31-9-8-27(51(47,48)40-16-12-23(20-40)17-25(42)5-10-32(43)35(45)36(46)33(44)21-41)18-24(31)22-49-37(13-14-37)30-19-39-15-11-28(30)29-3-1-2-4-34(29)50-26-6-7-26/h1-4,8-9,11,15,18-19,23,26,32-33,35-36,41,43-46H,5-7,10,12-14,16-17,20-22H2/t23?,32-,33+,35+,36+/m0/s1. The maximum absolute atomic E-state index is 13.7. The Morgan fingerprint density at radius 2 is 1.75 bits per heavy atom. The zero-order chi connectivity index (χ0) is 36.3. The highest BCUT2D eigenvalue weighted by Gasteiger charge is 2.48. The molecular weight excluding hydrogens is 700 g/mol. The average molecular weight is 745 g/mol. The van der Waals surface area contributed by atoms with Crippen molar-refractivity contribution in [3.63, 3.8) is 0 Å². The number of benzene rings is 2. The summed E-state index contributed by atoms with van der Waals surface area (Å²) >= 11 is 6.57. The summed E-state index contributed by atoms with van der Waals surface area (Å²) in [5.41, 5.74) is 2.83. The molecule has 3 aliphatic rings. The van der Waals surface area contributed by atoms with E-state index in [1.54, 1.807) is 18.3 Å². The number of para-hydroxylation sites is 1. The van der Waals surface area contributed by atoms with Crippen LogP contribution in [0.2, 0.25) is 5.02 Å². The van der Waals surface area contributed by atoms with Crippen LogP contribution in [0.15, 0.2) is 65.8 Å². The van der Waals surface area contributed by atoms with Crippen LogP contribution >= 0.6 is 11.6 Å². The molecule has 1 saturated heterocycles. The summed E-state index contributed by atoms with van der Waals surface area (Å²) in [5, 5.41) is 48.7. The molecule has 6 rings (SSSR count). The predicted molar refractivity (Wildman–Crippen MR) is 187 cm³/mol. The molecule has 3 aromatic rings. The molecule has 0 bridgehead atoms. The largest absolute Gasteiger partial charge is 0.490 e. The first-order chi connectivity index (χ1) is 24.4. The Balaban J connectivity index is 1.07. The third kappa shape index (κ3) is 8.81. The summed E-state index contributed by atoms with van der Waals surface area (Å²) in [4.78, 5) is 17.2. The van der Waals surface area contributed by atoms with E-state index in [4.69, 9.17) is 26.2 Å². The molecule has 2 aromatic carbocycles. The molecule has 3 fully saturated rings. The van der Waals surface area contributed by atoms with Crippen molar-refractivity contribution in [2.24, 2.45) is 5.92 Å². The number of pyridine rings is 1. The van der Waals surface area contributed by atoms with Crippen molar-refractivity contribution in [2.45, 2.75) is 99.0 Å². The van der Waals surface area contributed by atoms with Gasteiger partial charge in [0.15, 0.2) is 0 Å². The number of aliphatic hydroxyl groups is 5. The number of ketones is 1.